The molecule has 0 bridgehead atoms. The number of aliphatic imine (C=N–C) groups is 1. The average molecular weight is 226 g/mol. The van der Waals surface area contributed by atoms with Crippen LogP contribution in [0.15, 0.2) is 35.5 Å². The number of benzene rings is 1. The zero-order valence-electron chi connectivity index (χ0n) is 9.30. The van der Waals surface area contributed by atoms with E-state index in [2.05, 4.69) is 15.6 Å². The Bertz CT molecular complexity index is 655. The van der Waals surface area contributed by atoms with E-state index in [-0.39, 0.29) is 0 Å². The maximum Gasteiger partial charge on any atom is 0.231 e. The molecule has 4 nitrogen and oxygen atoms in total. The molecule has 1 aromatic heterocycles. The van der Waals surface area contributed by atoms with Gasteiger partial charge in [0.15, 0.2) is 11.5 Å². The second-order valence-corrected chi connectivity index (χ2v) is 4.06. The number of hydrogen-bond acceptors (Lipinski definition) is 3. The van der Waals surface area contributed by atoms with Gasteiger partial charge in [0.1, 0.15) is 0 Å². The Kier molecular flexibility index (Phi) is 1.52. The molecule has 0 amide bonds. The van der Waals surface area contributed by atoms with Gasteiger partial charge in [0, 0.05) is 24.9 Å². The van der Waals surface area contributed by atoms with Crippen LogP contribution in [-0.4, -0.2) is 24.1 Å². The highest BCUT2D eigenvalue weighted by Gasteiger charge is 2.27. The largest absolute Gasteiger partial charge is 0.454 e. The van der Waals surface area contributed by atoms with Crippen molar-refractivity contribution in [2.45, 2.75) is 0 Å². The Morgan fingerprint density at radius 3 is 2.88 bits per heavy atom. The molecule has 84 valence electrons. The Balaban J connectivity index is 2.06. The molecule has 17 heavy (non-hydrogen) atoms. The lowest BCUT2D eigenvalue weighted by Crippen LogP contribution is -1.97. The number of aromatic nitrogens is 1. The second-order valence-electron chi connectivity index (χ2n) is 4.06. The maximum atomic E-state index is 5.41. The summed E-state index contributed by atoms with van der Waals surface area (Å²) in [6.07, 6.45) is 2.04. The zero-order valence-corrected chi connectivity index (χ0v) is 9.30. The molecule has 4 rings (SSSR count). The first kappa shape index (κ1) is 8.87. The van der Waals surface area contributed by atoms with Gasteiger partial charge in [-0.3, -0.25) is 4.99 Å². The highest BCUT2D eigenvalue weighted by molar-refractivity contribution is 6.17. The summed E-state index contributed by atoms with van der Waals surface area (Å²) in [5, 5.41) is 0. The molecule has 2 aliphatic heterocycles. The highest BCUT2D eigenvalue weighted by Crippen LogP contribution is 2.40. The van der Waals surface area contributed by atoms with Crippen molar-refractivity contribution in [2.24, 2.45) is 4.99 Å². The molecular weight excluding hydrogens is 216 g/mol. The minimum atomic E-state index is 0.301. The molecule has 1 aromatic carbocycles. The quantitative estimate of drug-likeness (QED) is 0.587. The van der Waals surface area contributed by atoms with Crippen molar-refractivity contribution in [1.29, 1.82) is 0 Å². The van der Waals surface area contributed by atoms with Crippen LogP contribution >= 0.6 is 0 Å². The van der Waals surface area contributed by atoms with Crippen molar-refractivity contribution in [2.75, 3.05) is 13.8 Å². The van der Waals surface area contributed by atoms with E-state index in [0.29, 0.717) is 6.79 Å². The van der Waals surface area contributed by atoms with Gasteiger partial charge < -0.3 is 14.0 Å². The summed E-state index contributed by atoms with van der Waals surface area (Å²) in [7, 11) is 1.81. The summed E-state index contributed by atoms with van der Waals surface area (Å²) in [5.41, 5.74) is 4.33. The van der Waals surface area contributed by atoms with E-state index in [4.69, 9.17) is 9.47 Å². The molecule has 2 aliphatic rings. The third-order valence-corrected chi connectivity index (χ3v) is 3.22. The van der Waals surface area contributed by atoms with Gasteiger partial charge in [-0.15, -0.1) is 0 Å². The molecular formula is C13H10N2O2. The minimum absolute atomic E-state index is 0.301. The standard InChI is InChI=1S/C13H10N2O2/c1-14-13-8-5-11-12(17-7-16-11)6-10(8)15-4-2-3-9(13)15/h2-6H,7H2,1H3. The van der Waals surface area contributed by atoms with Gasteiger partial charge in [-0.25, -0.2) is 0 Å². The molecule has 0 aliphatic carbocycles. The Labute approximate surface area is 98.1 Å². The van der Waals surface area contributed by atoms with Gasteiger partial charge in [-0.05, 0) is 18.2 Å². The number of ether oxygens (including phenoxy) is 2. The van der Waals surface area contributed by atoms with E-state index >= 15 is 0 Å². The van der Waals surface area contributed by atoms with Crippen LogP contribution in [0.1, 0.15) is 11.3 Å². The average Bonchev–Trinajstić information content (AvgIpc) is 3.00. The predicted molar refractivity (Wildman–Crippen MR) is 63.5 cm³/mol. The zero-order chi connectivity index (χ0) is 11.4. The normalized spacial score (nSPS) is 17.4. The monoisotopic (exact) mass is 226 g/mol. The first-order chi connectivity index (χ1) is 8.38. The predicted octanol–water partition coefficient (Wildman–Crippen LogP) is 1.99. The van der Waals surface area contributed by atoms with E-state index < -0.39 is 0 Å². The van der Waals surface area contributed by atoms with Gasteiger partial charge in [-0.1, -0.05) is 0 Å². The van der Waals surface area contributed by atoms with Gasteiger partial charge in [0.25, 0.3) is 0 Å². The fraction of sp³-hybridized carbons (Fsp3) is 0.154. The van der Waals surface area contributed by atoms with E-state index in [9.17, 15) is 0 Å². The van der Waals surface area contributed by atoms with E-state index in [1.54, 1.807) is 0 Å². The van der Waals surface area contributed by atoms with Crippen molar-refractivity contribution in [3.05, 3.63) is 41.7 Å². The van der Waals surface area contributed by atoms with E-state index in [1.807, 2.05) is 31.4 Å². The van der Waals surface area contributed by atoms with Crippen LogP contribution < -0.4 is 9.47 Å². The molecule has 0 saturated heterocycles. The van der Waals surface area contributed by atoms with Crippen LogP contribution in [0.5, 0.6) is 11.5 Å². The molecule has 0 saturated carbocycles. The summed E-state index contributed by atoms with van der Waals surface area (Å²) in [4.78, 5) is 4.37. The summed E-state index contributed by atoms with van der Waals surface area (Å²) in [6, 6.07) is 8.11. The van der Waals surface area contributed by atoms with E-state index in [0.717, 1.165) is 34.2 Å². The summed E-state index contributed by atoms with van der Waals surface area (Å²) < 4.78 is 12.9. The third-order valence-electron chi connectivity index (χ3n) is 3.22. The number of hydrogen-bond donors (Lipinski definition) is 0. The van der Waals surface area contributed by atoms with Crippen LogP contribution in [0, 0.1) is 0 Å². The van der Waals surface area contributed by atoms with Crippen molar-refractivity contribution in [1.82, 2.24) is 4.57 Å². The van der Waals surface area contributed by atoms with Crippen molar-refractivity contribution >= 4 is 5.71 Å². The number of rotatable bonds is 0. The Hall–Kier alpha value is -2.23. The summed E-state index contributed by atoms with van der Waals surface area (Å²) in [6.45, 7) is 0.301. The van der Waals surface area contributed by atoms with Gasteiger partial charge in [0.05, 0.1) is 17.1 Å². The highest BCUT2D eigenvalue weighted by atomic mass is 16.7. The molecule has 0 fully saturated rings. The second kappa shape index (κ2) is 2.91. The van der Waals surface area contributed by atoms with Crippen LogP contribution in [0.4, 0.5) is 0 Å². The molecule has 0 spiro atoms. The van der Waals surface area contributed by atoms with Crippen molar-refractivity contribution < 1.29 is 9.47 Å². The Morgan fingerprint density at radius 1 is 1.24 bits per heavy atom. The van der Waals surface area contributed by atoms with Crippen molar-refractivity contribution in [3.63, 3.8) is 0 Å². The molecule has 0 unspecified atom stereocenters. The molecule has 0 N–H and O–H groups in total. The van der Waals surface area contributed by atoms with Crippen molar-refractivity contribution in [3.8, 4) is 17.2 Å². The van der Waals surface area contributed by atoms with Gasteiger partial charge in [-0.2, -0.15) is 0 Å². The lowest BCUT2D eigenvalue weighted by atomic mass is 10.1. The van der Waals surface area contributed by atoms with Crippen LogP contribution in [-0.2, 0) is 0 Å². The Morgan fingerprint density at radius 2 is 2.06 bits per heavy atom. The SMILES string of the molecule is CN=C1c2cc3c(cc2-n2cccc21)OCO3. The van der Waals surface area contributed by atoms with Crippen LogP contribution in [0.2, 0.25) is 0 Å². The molecule has 3 heterocycles. The number of nitrogens with zero attached hydrogens (tertiary/aromatic N) is 2. The van der Waals surface area contributed by atoms with Gasteiger partial charge >= 0.3 is 0 Å². The minimum Gasteiger partial charge on any atom is -0.454 e. The third kappa shape index (κ3) is 0.996. The summed E-state index contributed by atoms with van der Waals surface area (Å²) in [5.74, 6) is 1.61. The fourth-order valence-electron chi connectivity index (χ4n) is 2.48. The molecule has 0 radical (unpaired) electrons. The fourth-order valence-corrected chi connectivity index (χ4v) is 2.48. The van der Waals surface area contributed by atoms with E-state index in [1.165, 1.54) is 0 Å². The molecule has 2 aromatic rings. The smallest absolute Gasteiger partial charge is 0.231 e. The van der Waals surface area contributed by atoms with Crippen LogP contribution in [0.25, 0.3) is 5.69 Å². The van der Waals surface area contributed by atoms with Gasteiger partial charge in [0.2, 0.25) is 6.79 Å². The topological polar surface area (TPSA) is 35.8 Å². The lowest BCUT2D eigenvalue weighted by molar-refractivity contribution is 0.174. The lowest BCUT2D eigenvalue weighted by Gasteiger charge is -2.03. The number of fused-ring (bicyclic) bond motifs is 4. The first-order valence-corrected chi connectivity index (χ1v) is 5.47. The first-order valence-electron chi connectivity index (χ1n) is 5.47. The maximum absolute atomic E-state index is 5.41. The summed E-state index contributed by atoms with van der Waals surface area (Å²) >= 11 is 0. The molecule has 0 atom stereocenters. The molecule has 4 heteroatoms. The van der Waals surface area contributed by atoms with Crippen LogP contribution in [0.3, 0.4) is 0 Å².